The van der Waals surface area contributed by atoms with Crippen LogP contribution in [0, 0.1) is 0 Å². The van der Waals surface area contributed by atoms with E-state index in [1.807, 2.05) is 0 Å². The first-order chi connectivity index (χ1) is 30.0. The highest BCUT2D eigenvalue weighted by molar-refractivity contribution is 6.27. The van der Waals surface area contributed by atoms with Gasteiger partial charge in [0.25, 0.3) is 0 Å². The first-order valence-electron chi connectivity index (χ1n) is 21.9. The smallest absolute Gasteiger partial charge is 0.0541 e. The number of benzene rings is 10. The first-order valence-corrected chi connectivity index (χ1v) is 21.9. The van der Waals surface area contributed by atoms with Crippen molar-refractivity contribution in [2.45, 2.75) is 52.4 Å². The van der Waals surface area contributed by atoms with Crippen LogP contribution in [0.3, 0.4) is 0 Å². The van der Waals surface area contributed by atoms with Gasteiger partial charge in [0.2, 0.25) is 0 Å². The summed E-state index contributed by atoms with van der Waals surface area (Å²) in [5.74, 6) is 0. The lowest BCUT2D eigenvalue weighted by Gasteiger charge is -2.32. The van der Waals surface area contributed by atoms with E-state index < -0.39 is 0 Å². The Morgan fingerprint density at radius 1 is 0.371 bits per heavy atom. The minimum Gasteiger partial charge on any atom is -0.310 e. The molecule has 0 bridgehead atoms. The SMILES string of the molecule is CC(C)(C)c1cc(N(c2cccc(-c3ccccc3-c3ccccc3)c2)c2ccc3ccc4c(-n5c6ccccc6c6ccccc65)ccc5ccc2c3c54)cc(C(C)(C)C)c1. The Labute approximate surface area is 364 Å². The highest BCUT2D eigenvalue weighted by Crippen LogP contribution is 2.48. The summed E-state index contributed by atoms with van der Waals surface area (Å²) >= 11 is 0. The van der Waals surface area contributed by atoms with Crippen molar-refractivity contribution in [3.05, 3.63) is 205 Å². The van der Waals surface area contributed by atoms with Gasteiger partial charge in [-0.25, -0.2) is 0 Å². The van der Waals surface area contributed by atoms with Gasteiger partial charge in [-0.2, -0.15) is 0 Å². The molecule has 62 heavy (non-hydrogen) atoms. The van der Waals surface area contributed by atoms with Gasteiger partial charge in [-0.05, 0) is 114 Å². The molecule has 0 spiro atoms. The number of aromatic nitrogens is 1. The summed E-state index contributed by atoms with van der Waals surface area (Å²) in [7, 11) is 0. The molecule has 10 aromatic carbocycles. The van der Waals surface area contributed by atoms with Gasteiger partial charge in [0.15, 0.2) is 0 Å². The second-order valence-electron chi connectivity index (χ2n) is 19.0. The van der Waals surface area contributed by atoms with E-state index in [2.05, 4.69) is 245 Å². The van der Waals surface area contributed by atoms with Gasteiger partial charge in [0, 0.05) is 32.9 Å². The van der Waals surface area contributed by atoms with E-state index in [-0.39, 0.29) is 10.8 Å². The Kier molecular flexibility index (Phi) is 8.67. The van der Waals surface area contributed by atoms with Crippen molar-refractivity contribution in [1.82, 2.24) is 4.57 Å². The van der Waals surface area contributed by atoms with Crippen molar-refractivity contribution >= 4 is 71.2 Å². The summed E-state index contributed by atoms with van der Waals surface area (Å²) in [5.41, 5.74) is 14.5. The minimum absolute atomic E-state index is 0.0516. The van der Waals surface area contributed by atoms with E-state index in [0.29, 0.717) is 0 Å². The van der Waals surface area contributed by atoms with Gasteiger partial charge in [0.05, 0.1) is 22.4 Å². The Bertz CT molecular complexity index is 3400. The molecule has 0 N–H and O–H groups in total. The molecule has 1 heterocycles. The van der Waals surface area contributed by atoms with Gasteiger partial charge in [-0.3, -0.25) is 0 Å². The number of hydrogen-bond donors (Lipinski definition) is 0. The molecule has 11 rings (SSSR count). The monoisotopic (exact) mass is 798 g/mol. The third-order valence-electron chi connectivity index (χ3n) is 13.0. The zero-order valence-corrected chi connectivity index (χ0v) is 36.4. The molecular weight excluding hydrogens is 749 g/mol. The molecule has 0 saturated heterocycles. The number of hydrogen-bond acceptors (Lipinski definition) is 1. The zero-order chi connectivity index (χ0) is 42.3. The van der Waals surface area contributed by atoms with Crippen LogP contribution in [0.15, 0.2) is 194 Å². The number of rotatable bonds is 6. The molecule has 300 valence electrons. The van der Waals surface area contributed by atoms with Crippen LogP contribution in [-0.2, 0) is 10.8 Å². The van der Waals surface area contributed by atoms with Crippen LogP contribution in [0.25, 0.3) is 82.1 Å². The number of nitrogens with zero attached hydrogens (tertiary/aromatic N) is 2. The summed E-state index contributed by atoms with van der Waals surface area (Å²) in [6.45, 7) is 14.0. The van der Waals surface area contributed by atoms with E-state index >= 15 is 0 Å². The van der Waals surface area contributed by atoms with Crippen molar-refractivity contribution in [3.8, 4) is 27.9 Å². The third-order valence-corrected chi connectivity index (χ3v) is 13.0. The number of para-hydroxylation sites is 2. The summed E-state index contributed by atoms with van der Waals surface area (Å²) in [6, 6.07) is 72.3. The molecule has 0 radical (unpaired) electrons. The summed E-state index contributed by atoms with van der Waals surface area (Å²) in [5, 5.41) is 10.1. The van der Waals surface area contributed by atoms with Crippen LogP contribution in [0.2, 0.25) is 0 Å². The van der Waals surface area contributed by atoms with Gasteiger partial charge in [0.1, 0.15) is 0 Å². The molecule has 0 amide bonds. The van der Waals surface area contributed by atoms with Gasteiger partial charge < -0.3 is 9.47 Å². The van der Waals surface area contributed by atoms with E-state index in [0.717, 1.165) is 17.1 Å². The maximum Gasteiger partial charge on any atom is 0.0541 e. The van der Waals surface area contributed by atoms with E-state index in [1.165, 1.54) is 93.2 Å². The average molecular weight is 799 g/mol. The molecule has 0 unspecified atom stereocenters. The van der Waals surface area contributed by atoms with Crippen molar-refractivity contribution in [1.29, 1.82) is 0 Å². The highest BCUT2D eigenvalue weighted by Gasteiger charge is 2.26. The van der Waals surface area contributed by atoms with Crippen LogP contribution in [0.1, 0.15) is 52.7 Å². The third kappa shape index (κ3) is 6.16. The lowest BCUT2D eigenvalue weighted by molar-refractivity contribution is 0.569. The zero-order valence-electron chi connectivity index (χ0n) is 36.4. The minimum atomic E-state index is -0.0516. The molecular formula is C60H50N2. The van der Waals surface area contributed by atoms with Crippen molar-refractivity contribution in [2.24, 2.45) is 0 Å². The van der Waals surface area contributed by atoms with Crippen molar-refractivity contribution < 1.29 is 0 Å². The lowest BCUT2D eigenvalue weighted by Crippen LogP contribution is -2.19. The van der Waals surface area contributed by atoms with Gasteiger partial charge in [-0.1, -0.05) is 187 Å². The standard InChI is InChI=1S/C60H50N2/c1-59(2,3)43-36-44(60(4,5)6)38-46(37-43)61(45-20-16-19-42(35-45)48-22-11-10-21-47(48)39-17-8-7-9-18-39)55-33-29-40-28-32-52-56(34-30-41-27-31-51(55)57(40)58(41)52)62-53-25-14-12-23-49(53)50-24-13-15-26-54(50)62/h7-38H,1-6H3. The maximum atomic E-state index is 2.53. The lowest BCUT2D eigenvalue weighted by atomic mass is 9.80. The fraction of sp³-hybridized carbons (Fsp3) is 0.133. The fourth-order valence-corrected chi connectivity index (χ4v) is 9.79. The second kappa shape index (κ2) is 14.2. The molecule has 11 aromatic rings. The predicted octanol–water partition coefficient (Wildman–Crippen LogP) is 17.1. The number of anilines is 3. The summed E-state index contributed by atoms with van der Waals surface area (Å²) in [4.78, 5) is 2.53. The van der Waals surface area contributed by atoms with Crippen LogP contribution in [0.4, 0.5) is 17.1 Å². The molecule has 0 aliphatic heterocycles. The Balaban J connectivity index is 1.19. The molecule has 0 aliphatic carbocycles. The Hall–Kier alpha value is -7.16. The van der Waals surface area contributed by atoms with Gasteiger partial charge >= 0.3 is 0 Å². The van der Waals surface area contributed by atoms with Crippen LogP contribution >= 0.6 is 0 Å². The summed E-state index contributed by atoms with van der Waals surface area (Å²) < 4.78 is 2.47. The normalized spacial score (nSPS) is 12.4. The van der Waals surface area contributed by atoms with E-state index in [4.69, 9.17) is 0 Å². The Morgan fingerprint density at radius 3 is 1.53 bits per heavy atom. The first kappa shape index (κ1) is 37.8. The van der Waals surface area contributed by atoms with Crippen molar-refractivity contribution in [2.75, 3.05) is 4.90 Å². The quantitative estimate of drug-likeness (QED) is 0.152. The number of fused-ring (bicyclic) bond motifs is 3. The molecule has 2 nitrogen and oxygen atoms in total. The largest absolute Gasteiger partial charge is 0.310 e. The van der Waals surface area contributed by atoms with Crippen LogP contribution in [0.5, 0.6) is 0 Å². The average Bonchev–Trinajstić information content (AvgIpc) is 3.62. The molecule has 0 atom stereocenters. The molecule has 2 heteroatoms. The van der Waals surface area contributed by atoms with E-state index in [9.17, 15) is 0 Å². The van der Waals surface area contributed by atoms with Crippen LogP contribution < -0.4 is 4.90 Å². The fourth-order valence-electron chi connectivity index (χ4n) is 9.79. The van der Waals surface area contributed by atoms with Crippen molar-refractivity contribution in [3.63, 3.8) is 0 Å². The molecule has 0 saturated carbocycles. The highest BCUT2D eigenvalue weighted by atomic mass is 15.1. The molecule has 1 aromatic heterocycles. The maximum absolute atomic E-state index is 2.53. The molecule has 0 aliphatic rings. The molecule has 0 fully saturated rings. The topological polar surface area (TPSA) is 8.17 Å². The van der Waals surface area contributed by atoms with E-state index in [1.54, 1.807) is 0 Å². The predicted molar refractivity (Wildman–Crippen MR) is 267 cm³/mol. The summed E-state index contributed by atoms with van der Waals surface area (Å²) in [6.07, 6.45) is 0. The Morgan fingerprint density at radius 2 is 0.887 bits per heavy atom. The van der Waals surface area contributed by atoms with Gasteiger partial charge in [-0.15, -0.1) is 0 Å². The second-order valence-corrected chi connectivity index (χ2v) is 19.0. The van der Waals surface area contributed by atoms with Crippen LogP contribution in [-0.4, -0.2) is 4.57 Å².